The fourth-order valence-electron chi connectivity index (χ4n) is 2.28. The van der Waals surface area contributed by atoms with Crippen molar-refractivity contribution in [2.24, 2.45) is 0 Å². The SMILES string of the molecule is COCCc1ccccc1OBOc1ccccc1CCOC. The number of ether oxygens (including phenoxy) is 2. The van der Waals surface area contributed by atoms with Gasteiger partial charge in [-0.3, -0.25) is 0 Å². The summed E-state index contributed by atoms with van der Waals surface area (Å²) < 4.78 is 21.8. The van der Waals surface area contributed by atoms with Gasteiger partial charge in [0.15, 0.2) is 0 Å². The smallest absolute Gasteiger partial charge is 0.528 e. The van der Waals surface area contributed by atoms with E-state index in [1.807, 2.05) is 48.5 Å². The normalized spacial score (nSPS) is 10.3. The zero-order valence-electron chi connectivity index (χ0n) is 13.8. The van der Waals surface area contributed by atoms with E-state index in [9.17, 15) is 0 Å². The predicted octanol–water partition coefficient (Wildman–Crippen LogP) is 2.79. The van der Waals surface area contributed by atoms with Gasteiger partial charge in [0, 0.05) is 14.2 Å². The van der Waals surface area contributed by atoms with Crippen LogP contribution in [0, 0.1) is 0 Å². The van der Waals surface area contributed by atoms with Crippen molar-refractivity contribution in [3.8, 4) is 11.5 Å². The highest BCUT2D eigenvalue weighted by Crippen LogP contribution is 2.21. The second-order valence-corrected chi connectivity index (χ2v) is 5.11. The molecule has 0 saturated heterocycles. The first-order valence-electron chi connectivity index (χ1n) is 7.74. The van der Waals surface area contributed by atoms with Crippen LogP contribution < -0.4 is 9.31 Å². The molecule has 4 nitrogen and oxygen atoms in total. The van der Waals surface area contributed by atoms with Gasteiger partial charge in [-0.05, 0) is 36.1 Å². The zero-order chi connectivity index (χ0) is 16.3. The minimum Gasteiger partial charge on any atom is -0.528 e. The molecule has 23 heavy (non-hydrogen) atoms. The Labute approximate surface area is 138 Å². The van der Waals surface area contributed by atoms with Crippen molar-refractivity contribution in [2.75, 3.05) is 27.4 Å². The first-order chi connectivity index (χ1) is 11.3. The molecule has 0 aliphatic heterocycles. The van der Waals surface area contributed by atoms with E-state index >= 15 is 0 Å². The van der Waals surface area contributed by atoms with Crippen LogP contribution in [0.2, 0.25) is 0 Å². The molecular formula is C18H23BO4. The Bertz CT molecular complexity index is 537. The van der Waals surface area contributed by atoms with Gasteiger partial charge in [-0.25, -0.2) is 0 Å². The molecule has 0 aromatic heterocycles. The standard InChI is InChI=1S/C18H23BO4/c1-20-13-11-15-7-3-5-9-17(15)22-19-23-18-10-6-4-8-16(18)12-14-21-2/h3-10,19H,11-14H2,1-2H3. The third kappa shape index (κ3) is 5.62. The van der Waals surface area contributed by atoms with Crippen LogP contribution in [-0.4, -0.2) is 35.1 Å². The van der Waals surface area contributed by atoms with E-state index in [-0.39, 0.29) is 7.69 Å². The summed E-state index contributed by atoms with van der Waals surface area (Å²) in [6.07, 6.45) is 1.63. The Kier molecular flexibility index (Phi) is 7.50. The highest BCUT2D eigenvalue weighted by molar-refractivity contribution is 6.20. The molecular weight excluding hydrogens is 291 g/mol. The summed E-state index contributed by atoms with van der Waals surface area (Å²) >= 11 is 0. The minimum absolute atomic E-state index is 0.175. The molecule has 0 heterocycles. The summed E-state index contributed by atoms with van der Waals surface area (Å²) in [6.45, 7) is 1.34. The largest absolute Gasteiger partial charge is 0.576 e. The number of hydrogen-bond acceptors (Lipinski definition) is 4. The third-order valence-electron chi connectivity index (χ3n) is 3.53. The van der Waals surface area contributed by atoms with Crippen molar-refractivity contribution in [2.45, 2.75) is 12.8 Å². The third-order valence-corrected chi connectivity index (χ3v) is 3.53. The van der Waals surface area contributed by atoms with Crippen molar-refractivity contribution < 1.29 is 18.8 Å². The Morgan fingerprint density at radius 3 is 1.57 bits per heavy atom. The summed E-state index contributed by atoms with van der Waals surface area (Å²) in [5.41, 5.74) is 2.23. The van der Waals surface area contributed by atoms with Gasteiger partial charge >= 0.3 is 7.69 Å². The molecule has 0 bridgehead atoms. The van der Waals surface area contributed by atoms with Crippen LogP contribution in [0.5, 0.6) is 11.5 Å². The Morgan fingerprint density at radius 2 is 1.13 bits per heavy atom. The summed E-state index contributed by atoms with van der Waals surface area (Å²) in [5.74, 6) is 1.66. The maximum atomic E-state index is 5.79. The second kappa shape index (κ2) is 9.92. The van der Waals surface area contributed by atoms with Gasteiger partial charge in [0.2, 0.25) is 0 Å². The quantitative estimate of drug-likeness (QED) is 0.632. The molecule has 122 valence electrons. The lowest BCUT2D eigenvalue weighted by Gasteiger charge is -2.13. The molecule has 2 aromatic carbocycles. The van der Waals surface area contributed by atoms with E-state index in [1.54, 1.807) is 14.2 Å². The van der Waals surface area contributed by atoms with E-state index in [1.165, 1.54) is 0 Å². The lowest BCUT2D eigenvalue weighted by Crippen LogP contribution is -2.13. The molecule has 0 N–H and O–H groups in total. The summed E-state index contributed by atoms with van der Waals surface area (Å²) in [7, 11) is 3.57. The Balaban J connectivity index is 1.92. The van der Waals surface area contributed by atoms with Crippen molar-refractivity contribution in [3.05, 3.63) is 59.7 Å². The van der Waals surface area contributed by atoms with E-state index < -0.39 is 0 Å². The van der Waals surface area contributed by atoms with Gasteiger partial charge in [0.05, 0.1) is 13.2 Å². The average molecular weight is 314 g/mol. The molecule has 2 rings (SSSR count). The lowest BCUT2D eigenvalue weighted by atomic mass is 10.1. The fourth-order valence-corrected chi connectivity index (χ4v) is 2.28. The lowest BCUT2D eigenvalue weighted by molar-refractivity contribution is 0.201. The zero-order valence-corrected chi connectivity index (χ0v) is 13.8. The molecule has 0 fully saturated rings. The summed E-state index contributed by atoms with van der Waals surface area (Å²) in [4.78, 5) is 0. The molecule has 0 aliphatic rings. The molecule has 0 spiro atoms. The number of hydrogen-bond donors (Lipinski definition) is 0. The van der Waals surface area contributed by atoms with Crippen molar-refractivity contribution in [1.29, 1.82) is 0 Å². The number of rotatable bonds is 10. The maximum Gasteiger partial charge on any atom is 0.576 e. The Morgan fingerprint density at radius 1 is 0.696 bits per heavy atom. The second-order valence-electron chi connectivity index (χ2n) is 5.11. The van der Waals surface area contributed by atoms with Crippen LogP contribution >= 0.6 is 0 Å². The van der Waals surface area contributed by atoms with Gasteiger partial charge in [0.25, 0.3) is 0 Å². The van der Waals surface area contributed by atoms with E-state index in [0.717, 1.165) is 35.5 Å². The van der Waals surface area contributed by atoms with Crippen molar-refractivity contribution in [1.82, 2.24) is 0 Å². The van der Waals surface area contributed by atoms with Gasteiger partial charge in [-0.2, -0.15) is 0 Å². The van der Waals surface area contributed by atoms with Gasteiger partial charge < -0.3 is 18.8 Å². The minimum atomic E-state index is 0.175. The number of para-hydroxylation sites is 2. The van der Waals surface area contributed by atoms with Crippen molar-refractivity contribution in [3.63, 3.8) is 0 Å². The summed E-state index contributed by atoms with van der Waals surface area (Å²) in [6, 6.07) is 15.9. The fraction of sp³-hybridized carbons (Fsp3) is 0.333. The van der Waals surface area contributed by atoms with Crippen LogP contribution in [-0.2, 0) is 22.3 Å². The summed E-state index contributed by atoms with van der Waals surface area (Å²) in [5, 5.41) is 0. The molecule has 0 saturated carbocycles. The van der Waals surface area contributed by atoms with Crippen LogP contribution in [0.3, 0.4) is 0 Å². The van der Waals surface area contributed by atoms with Crippen LogP contribution in [0.25, 0.3) is 0 Å². The van der Waals surface area contributed by atoms with Gasteiger partial charge in [0.1, 0.15) is 11.5 Å². The van der Waals surface area contributed by atoms with Gasteiger partial charge in [-0.15, -0.1) is 0 Å². The number of benzene rings is 2. The molecule has 0 radical (unpaired) electrons. The molecule has 2 aromatic rings. The van der Waals surface area contributed by atoms with E-state index in [0.29, 0.717) is 13.2 Å². The van der Waals surface area contributed by atoms with E-state index in [2.05, 4.69) is 0 Å². The molecule has 0 atom stereocenters. The van der Waals surface area contributed by atoms with Crippen LogP contribution in [0.1, 0.15) is 11.1 Å². The molecule has 0 aliphatic carbocycles. The first-order valence-corrected chi connectivity index (χ1v) is 7.74. The van der Waals surface area contributed by atoms with Crippen LogP contribution in [0.4, 0.5) is 0 Å². The van der Waals surface area contributed by atoms with Crippen molar-refractivity contribution >= 4 is 7.69 Å². The average Bonchev–Trinajstić information content (AvgIpc) is 2.60. The monoisotopic (exact) mass is 314 g/mol. The Hall–Kier alpha value is -1.98. The maximum absolute atomic E-state index is 5.79. The highest BCUT2D eigenvalue weighted by Gasteiger charge is 2.07. The molecule has 0 amide bonds. The topological polar surface area (TPSA) is 36.9 Å². The van der Waals surface area contributed by atoms with E-state index in [4.69, 9.17) is 18.8 Å². The highest BCUT2D eigenvalue weighted by atomic mass is 16.6. The first kappa shape index (κ1) is 17.4. The molecule has 5 heteroatoms. The number of methoxy groups -OCH3 is 2. The van der Waals surface area contributed by atoms with Gasteiger partial charge in [-0.1, -0.05) is 36.4 Å². The predicted molar refractivity (Wildman–Crippen MR) is 92.4 cm³/mol. The van der Waals surface area contributed by atoms with Crippen LogP contribution in [0.15, 0.2) is 48.5 Å². The molecule has 0 unspecified atom stereocenters.